The number of ether oxygens (including phenoxy) is 1. The van der Waals surface area contributed by atoms with Crippen LogP contribution in [0, 0.1) is 5.41 Å². The van der Waals surface area contributed by atoms with Crippen LogP contribution in [0.2, 0.25) is 0 Å². The third-order valence-electron chi connectivity index (χ3n) is 4.56. The van der Waals surface area contributed by atoms with Crippen molar-refractivity contribution >= 4 is 0 Å². The summed E-state index contributed by atoms with van der Waals surface area (Å²) in [5, 5.41) is 0. The molecule has 0 aromatic carbocycles. The van der Waals surface area contributed by atoms with Crippen molar-refractivity contribution in [3.63, 3.8) is 0 Å². The van der Waals surface area contributed by atoms with E-state index in [1.54, 1.807) is 0 Å². The minimum Gasteiger partial charge on any atom is -0.378 e. The largest absolute Gasteiger partial charge is 0.378 e. The van der Waals surface area contributed by atoms with Gasteiger partial charge in [0, 0.05) is 25.2 Å². The molecule has 0 saturated carbocycles. The molecule has 1 saturated heterocycles. The molecule has 0 aliphatic carbocycles. The minimum absolute atomic E-state index is 0.0590. The summed E-state index contributed by atoms with van der Waals surface area (Å²) in [6, 6.07) is 0.634. The maximum Gasteiger partial charge on any atom is 0.0663 e. The van der Waals surface area contributed by atoms with Crippen molar-refractivity contribution in [2.24, 2.45) is 5.41 Å². The minimum atomic E-state index is 0.0590. The summed E-state index contributed by atoms with van der Waals surface area (Å²) in [6.07, 6.45) is 3.52. The molecule has 1 fully saturated rings. The Kier molecular flexibility index (Phi) is 4.55. The number of hydrogen-bond donors (Lipinski definition) is 0. The van der Waals surface area contributed by atoms with Gasteiger partial charge >= 0.3 is 0 Å². The van der Waals surface area contributed by atoms with Crippen molar-refractivity contribution in [3.05, 3.63) is 0 Å². The van der Waals surface area contributed by atoms with Gasteiger partial charge in [0.2, 0.25) is 0 Å². The lowest BCUT2D eigenvalue weighted by molar-refractivity contribution is -0.00858. The van der Waals surface area contributed by atoms with E-state index < -0.39 is 0 Å². The van der Waals surface area contributed by atoms with E-state index in [9.17, 15) is 0 Å². The van der Waals surface area contributed by atoms with E-state index in [0.717, 1.165) is 19.4 Å². The monoisotopic (exact) mass is 255 g/mol. The Morgan fingerprint density at radius 2 is 1.61 bits per heavy atom. The van der Waals surface area contributed by atoms with Crippen LogP contribution in [0.3, 0.4) is 0 Å². The van der Waals surface area contributed by atoms with Crippen LogP contribution in [0.5, 0.6) is 0 Å². The predicted molar refractivity (Wildman–Crippen MR) is 79.0 cm³/mol. The van der Waals surface area contributed by atoms with Gasteiger partial charge in [-0.1, -0.05) is 20.8 Å². The molecule has 0 aromatic rings. The maximum absolute atomic E-state index is 5.75. The second kappa shape index (κ2) is 5.13. The quantitative estimate of drug-likeness (QED) is 0.699. The molecule has 2 atom stereocenters. The van der Waals surface area contributed by atoms with E-state index in [0.29, 0.717) is 11.5 Å². The van der Waals surface area contributed by atoms with Gasteiger partial charge in [0.05, 0.1) is 5.60 Å². The molecule has 0 radical (unpaired) electrons. The summed E-state index contributed by atoms with van der Waals surface area (Å²) in [5.74, 6) is 0. The van der Waals surface area contributed by atoms with Gasteiger partial charge in [-0.3, -0.25) is 4.90 Å². The summed E-state index contributed by atoms with van der Waals surface area (Å²) >= 11 is 0. The second-order valence-electron chi connectivity index (χ2n) is 8.19. The topological polar surface area (TPSA) is 12.5 Å². The summed E-state index contributed by atoms with van der Waals surface area (Å²) < 4.78 is 5.75. The first-order valence-electron chi connectivity index (χ1n) is 7.31. The van der Waals surface area contributed by atoms with Crippen LogP contribution in [0.15, 0.2) is 0 Å². The van der Waals surface area contributed by atoms with Crippen molar-refractivity contribution in [2.45, 2.75) is 84.9 Å². The van der Waals surface area contributed by atoms with E-state index >= 15 is 0 Å². The van der Waals surface area contributed by atoms with Crippen molar-refractivity contribution in [2.75, 3.05) is 13.7 Å². The molecule has 1 aliphatic rings. The van der Waals surface area contributed by atoms with E-state index in [1.807, 2.05) is 7.11 Å². The van der Waals surface area contributed by atoms with Crippen LogP contribution >= 0.6 is 0 Å². The molecule has 0 spiro atoms. The van der Waals surface area contributed by atoms with Gasteiger partial charge in [0.15, 0.2) is 0 Å². The highest BCUT2D eigenvalue weighted by atomic mass is 16.5. The van der Waals surface area contributed by atoms with Gasteiger partial charge in [-0.15, -0.1) is 0 Å². The van der Waals surface area contributed by atoms with Gasteiger partial charge in [-0.25, -0.2) is 0 Å². The molecule has 2 unspecified atom stereocenters. The number of hydrogen-bond acceptors (Lipinski definition) is 2. The van der Waals surface area contributed by atoms with E-state index in [4.69, 9.17) is 4.74 Å². The second-order valence-corrected chi connectivity index (χ2v) is 8.19. The normalized spacial score (nSPS) is 32.3. The van der Waals surface area contributed by atoms with Crippen LogP contribution in [-0.2, 0) is 4.74 Å². The molecular weight excluding hydrogens is 222 g/mol. The fraction of sp³-hybridized carbons (Fsp3) is 1.00. The van der Waals surface area contributed by atoms with Gasteiger partial charge in [-0.05, 0) is 52.4 Å². The Hall–Kier alpha value is -0.0800. The highest BCUT2D eigenvalue weighted by Crippen LogP contribution is 2.38. The maximum atomic E-state index is 5.75. The lowest BCUT2D eigenvalue weighted by atomic mass is 9.80. The van der Waals surface area contributed by atoms with Crippen molar-refractivity contribution < 1.29 is 4.74 Å². The number of methoxy groups -OCH3 is 1. The molecule has 0 aromatic heterocycles. The highest BCUT2D eigenvalue weighted by molar-refractivity contribution is 4.95. The average Bonchev–Trinajstić information content (AvgIpc) is 2.36. The number of nitrogens with zero attached hydrogens (tertiary/aromatic N) is 1. The fourth-order valence-electron chi connectivity index (χ4n) is 3.14. The molecule has 2 nitrogen and oxygen atoms in total. The van der Waals surface area contributed by atoms with Crippen molar-refractivity contribution in [1.82, 2.24) is 4.90 Å². The Bertz CT molecular complexity index is 248. The molecular formula is C16H33NO. The summed E-state index contributed by atoms with van der Waals surface area (Å²) in [6.45, 7) is 17.5. The van der Waals surface area contributed by atoms with Gasteiger partial charge in [-0.2, -0.15) is 0 Å². The molecule has 18 heavy (non-hydrogen) atoms. The molecule has 0 N–H and O–H groups in total. The number of likely N-dealkylation sites (tertiary alicyclic amines) is 1. The van der Waals surface area contributed by atoms with Crippen LogP contribution in [-0.4, -0.2) is 35.7 Å². The Labute approximate surface area is 114 Å². The highest BCUT2D eigenvalue weighted by Gasteiger charge is 2.41. The third-order valence-corrected chi connectivity index (χ3v) is 4.56. The van der Waals surface area contributed by atoms with E-state index in [1.165, 1.54) is 6.42 Å². The lowest BCUT2D eigenvalue weighted by Gasteiger charge is -2.46. The summed E-state index contributed by atoms with van der Waals surface area (Å²) in [7, 11) is 1.86. The SMILES string of the molecule is COC1(C)CCC(C(C)(C)C)N(C(C)(C)C)CC1. The number of rotatable bonds is 1. The van der Waals surface area contributed by atoms with Crippen LogP contribution in [0.25, 0.3) is 0 Å². The molecule has 1 aliphatic heterocycles. The molecule has 0 bridgehead atoms. The third kappa shape index (κ3) is 3.71. The molecule has 2 heteroatoms. The van der Waals surface area contributed by atoms with E-state index in [-0.39, 0.29) is 11.1 Å². The van der Waals surface area contributed by atoms with Crippen molar-refractivity contribution in [3.8, 4) is 0 Å². The van der Waals surface area contributed by atoms with Crippen molar-refractivity contribution in [1.29, 1.82) is 0 Å². The Morgan fingerprint density at radius 1 is 1.06 bits per heavy atom. The predicted octanol–water partition coefficient (Wildman–Crippen LogP) is 4.09. The first kappa shape index (κ1) is 16.0. The average molecular weight is 255 g/mol. The molecule has 1 heterocycles. The standard InChI is InChI=1S/C16H33NO/c1-14(2,3)13-9-10-16(7,18-8)11-12-17(13)15(4,5)6/h13H,9-12H2,1-8H3. The van der Waals surface area contributed by atoms with Crippen LogP contribution in [0.1, 0.15) is 67.7 Å². The van der Waals surface area contributed by atoms with Crippen LogP contribution in [0.4, 0.5) is 0 Å². The first-order valence-corrected chi connectivity index (χ1v) is 7.31. The first-order chi connectivity index (χ1) is 7.99. The Morgan fingerprint density at radius 3 is 2.00 bits per heavy atom. The zero-order valence-electron chi connectivity index (χ0n) is 13.8. The molecule has 0 amide bonds. The lowest BCUT2D eigenvalue weighted by Crippen LogP contribution is -2.52. The smallest absolute Gasteiger partial charge is 0.0663 e. The Balaban J connectivity index is 2.98. The molecule has 1 rings (SSSR count). The van der Waals surface area contributed by atoms with E-state index in [2.05, 4.69) is 53.4 Å². The van der Waals surface area contributed by atoms with Gasteiger partial charge in [0.25, 0.3) is 0 Å². The summed E-state index contributed by atoms with van der Waals surface area (Å²) in [4.78, 5) is 2.69. The fourth-order valence-corrected chi connectivity index (χ4v) is 3.14. The van der Waals surface area contributed by atoms with Gasteiger partial charge in [0.1, 0.15) is 0 Å². The van der Waals surface area contributed by atoms with Gasteiger partial charge < -0.3 is 4.74 Å². The van der Waals surface area contributed by atoms with Crippen LogP contribution < -0.4 is 0 Å². The summed E-state index contributed by atoms with van der Waals surface area (Å²) in [5.41, 5.74) is 0.618. The molecule has 108 valence electrons. The zero-order chi connectivity index (χ0) is 14.2. The zero-order valence-corrected chi connectivity index (χ0v) is 13.8.